The third kappa shape index (κ3) is 1.93. The molecule has 1 atom stereocenters. The molecule has 0 spiro atoms. The summed E-state index contributed by atoms with van der Waals surface area (Å²) < 4.78 is 0. The van der Waals surface area contributed by atoms with E-state index in [0.29, 0.717) is 17.2 Å². The summed E-state index contributed by atoms with van der Waals surface area (Å²) in [6, 6.07) is 6.39. The Balaban J connectivity index is 1.68. The van der Waals surface area contributed by atoms with E-state index in [1.165, 1.54) is 31.2 Å². The molecule has 3 rings (SSSR count). The fourth-order valence-corrected chi connectivity index (χ4v) is 3.52. The molecule has 0 bridgehead atoms. The summed E-state index contributed by atoms with van der Waals surface area (Å²) in [6.07, 6.45) is 7.61. The fourth-order valence-electron chi connectivity index (χ4n) is 3.52. The molecule has 0 aromatic heterocycles. The largest absolute Gasteiger partial charge is 0.508 e. The van der Waals surface area contributed by atoms with Crippen LogP contribution in [-0.4, -0.2) is 11.7 Å². The van der Waals surface area contributed by atoms with Crippen molar-refractivity contribution >= 4 is 0 Å². The number of hydrogen-bond acceptors (Lipinski definition) is 2. The van der Waals surface area contributed by atoms with E-state index >= 15 is 0 Å². The predicted molar refractivity (Wildman–Crippen MR) is 73.7 cm³/mol. The third-order valence-corrected chi connectivity index (χ3v) is 5.13. The van der Waals surface area contributed by atoms with Crippen LogP contribution in [-0.2, 0) is 6.42 Å². The molecule has 1 fully saturated rings. The minimum absolute atomic E-state index is 0.455. The number of hydrogen-bond donors (Lipinski definition) is 2. The molecule has 2 nitrogen and oxygen atoms in total. The summed E-state index contributed by atoms with van der Waals surface area (Å²) in [5.74, 6) is 0.477. The topological polar surface area (TPSA) is 32.3 Å². The van der Waals surface area contributed by atoms with Crippen molar-refractivity contribution in [2.24, 2.45) is 5.41 Å². The van der Waals surface area contributed by atoms with Gasteiger partial charge in [-0.15, -0.1) is 0 Å². The first-order chi connectivity index (χ1) is 8.74. The van der Waals surface area contributed by atoms with Gasteiger partial charge in [0.1, 0.15) is 5.75 Å². The van der Waals surface area contributed by atoms with Gasteiger partial charge >= 0.3 is 0 Å². The average molecular weight is 245 g/mol. The van der Waals surface area contributed by atoms with Crippen LogP contribution in [0.15, 0.2) is 18.2 Å². The van der Waals surface area contributed by atoms with Gasteiger partial charge in [0, 0.05) is 12.6 Å². The van der Waals surface area contributed by atoms with Gasteiger partial charge < -0.3 is 10.4 Å². The summed E-state index contributed by atoms with van der Waals surface area (Å²) in [6.45, 7) is 3.46. The Bertz CT molecular complexity index is 431. The first-order valence-corrected chi connectivity index (χ1v) is 7.28. The highest BCUT2D eigenvalue weighted by atomic mass is 16.3. The fraction of sp³-hybridized carbons (Fsp3) is 0.625. The normalized spacial score (nSPS) is 24.6. The van der Waals surface area contributed by atoms with Crippen LogP contribution < -0.4 is 5.32 Å². The van der Waals surface area contributed by atoms with Crippen molar-refractivity contribution in [1.82, 2.24) is 5.32 Å². The zero-order valence-corrected chi connectivity index (χ0v) is 11.2. The Morgan fingerprint density at radius 1 is 1.39 bits per heavy atom. The van der Waals surface area contributed by atoms with Gasteiger partial charge in [0.05, 0.1) is 0 Å². The average Bonchev–Trinajstić information content (AvgIpc) is 2.73. The van der Waals surface area contributed by atoms with Crippen molar-refractivity contribution < 1.29 is 5.11 Å². The molecule has 0 saturated heterocycles. The first kappa shape index (κ1) is 12.0. The molecule has 1 saturated carbocycles. The molecule has 1 aromatic rings. The van der Waals surface area contributed by atoms with E-state index in [-0.39, 0.29) is 0 Å². The minimum atomic E-state index is 0.455. The molecule has 1 aromatic carbocycles. The highest BCUT2D eigenvalue weighted by Gasteiger charge is 2.36. The Kier molecular flexibility index (Phi) is 3.06. The van der Waals surface area contributed by atoms with Gasteiger partial charge in [0.2, 0.25) is 0 Å². The molecule has 2 aliphatic rings. The van der Waals surface area contributed by atoms with E-state index in [1.54, 1.807) is 6.07 Å². The zero-order valence-electron chi connectivity index (χ0n) is 11.2. The number of phenols is 1. The van der Waals surface area contributed by atoms with Crippen LogP contribution in [0.2, 0.25) is 0 Å². The van der Waals surface area contributed by atoms with Gasteiger partial charge in [0.15, 0.2) is 0 Å². The lowest BCUT2D eigenvalue weighted by Gasteiger charge is -2.42. The van der Waals surface area contributed by atoms with E-state index < -0.39 is 0 Å². The van der Waals surface area contributed by atoms with Crippen LogP contribution >= 0.6 is 0 Å². The van der Waals surface area contributed by atoms with Gasteiger partial charge in [0.25, 0.3) is 0 Å². The maximum absolute atomic E-state index is 9.85. The third-order valence-electron chi connectivity index (χ3n) is 5.13. The van der Waals surface area contributed by atoms with Crippen LogP contribution in [0.5, 0.6) is 5.75 Å². The molecule has 1 unspecified atom stereocenters. The van der Waals surface area contributed by atoms with Gasteiger partial charge in [-0.2, -0.15) is 0 Å². The monoisotopic (exact) mass is 245 g/mol. The lowest BCUT2D eigenvalue weighted by atomic mass is 9.67. The van der Waals surface area contributed by atoms with E-state index in [9.17, 15) is 5.11 Å². The molecule has 0 aliphatic heterocycles. The van der Waals surface area contributed by atoms with Crippen LogP contribution in [0.1, 0.15) is 56.2 Å². The lowest BCUT2D eigenvalue weighted by molar-refractivity contribution is 0.119. The SMILES string of the molecule is CCC1(CNC2CCc3c(O)cccc32)CCC1. The van der Waals surface area contributed by atoms with Gasteiger partial charge in [-0.1, -0.05) is 25.5 Å². The van der Waals surface area contributed by atoms with Gasteiger partial charge in [-0.05, 0) is 54.7 Å². The Morgan fingerprint density at radius 3 is 2.89 bits per heavy atom. The second kappa shape index (κ2) is 4.58. The maximum Gasteiger partial charge on any atom is 0.119 e. The number of rotatable bonds is 4. The number of nitrogens with one attached hydrogen (secondary N) is 1. The van der Waals surface area contributed by atoms with E-state index in [0.717, 1.165) is 24.9 Å². The Labute approximate surface area is 109 Å². The highest BCUT2D eigenvalue weighted by Crippen LogP contribution is 2.44. The van der Waals surface area contributed by atoms with E-state index in [1.807, 2.05) is 6.07 Å². The second-order valence-corrected chi connectivity index (χ2v) is 6.02. The Hall–Kier alpha value is -1.02. The summed E-state index contributed by atoms with van der Waals surface area (Å²) in [7, 11) is 0. The molecule has 2 aliphatic carbocycles. The van der Waals surface area contributed by atoms with Crippen molar-refractivity contribution in [3.63, 3.8) is 0 Å². The number of aromatic hydroxyl groups is 1. The number of benzene rings is 1. The molecule has 2 heteroatoms. The van der Waals surface area contributed by atoms with Gasteiger partial charge in [-0.25, -0.2) is 0 Å². The van der Waals surface area contributed by atoms with Gasteiger partial charge in [-0.3, -0.25) is 0 Å². The smallest absolute Gasteiger partial charge is 0.119 e. The van der Waals surface area contributed by atoms with Crippen LogP contribution in [0.25, 0.3) is 0 Å². The maximum atomic E-state index is 9.85. The molecule has 0 heterocycles. The summed E-state index contributed by atoms with van der Waals surface area (Å²) >= 11 is 0. The predicted octanol–water partition coefficient (Wildman–Crippen LogP) is 3.55. The van der Waals surface area contributed by atoms with Crippen LogP contribution in [0, 0.1) is 5.41 Å². The van der Waals surface area contributed by atoms with Crippen molar-refractivity contribution in [3.05, 3.63) is 29.3 Å². The summed E-state index contributed by atoms with van der Waals surface area (Å²) in [5, 5.41) is 13.6. The lowest BCUT2D eigenvalue weighted by Crippen LogP contribution is -2.40. The summed E-state index contributed by atoms with van der Waals surface area (Å²) in [4.78, 5) is 0. The molecule has 98 valence electrons. The standard InChI is InChI=1S/C16H23NO/c1-2-16(9-4-10-16)11-17-14-8-7-13-12(14)5-3-6-15(13)18/h3,5-6,14,17-18H,2,4,7-11H2,1H3. The van der Waals surface area contributed by atoms with E-state index in [2.05, 4.69) is 18.3 Å². The zero-order chi connectivity index (χ0) is 12.6. The Morgan fingerprint density at radius 2 is 2.22 bits per heavy atom. The van der Waals surface area contributed by atoms with Crippen molar-refractivity contribution in [2.75, 3.05) is 6.54 Å². The molecule has 0 amide bonds. The first-order valence-electron chi connectivity index (χ1n) is 7.28. The minimum Gasteiger partial charge on any atom is -0.508 e. The number of fused-ring (bicyclic) bond motifs is 1. The molecular formula is C16H23NO. The number of phenolic OH excluding ortho intramolecular Hbond substituents is 1. The molecular weight excluding hydrogens is 222 g/mol. The van der Waals surface area contributed by atoms with Crippen molar-refractivity contribution in [2.45, 2.75) is 51.5 Å². The van der Waals surface area contributed by atoms with E-state index in [4.69, 9.17) is 0 Å². The second-order valence-electron chi connectivity index (χ2n) is 6.02. The van der Waals surface area contributed by atoms with Crippen molar-refractivity contribution in [3.8, 4) is 5.75 Å². The van der Waals surface area contributed by atoms with Crippen LogP contribution in [0.4, 0.5) is 0 Å². The van der Waals surface area contributed by atoms with Crippen LogP contribution in [0.3, 0.4) is 0 Å². The highest BCUT2D eigenvalue weighted by molar-refractivity contribution is 5.44. The summed E-state index contributed by atoms with van der Waals surface area (Å²) in [5.41, 5.74) is 3.05. The molecule has 2 N–H and O–H groups in total. The molecule has 18 heavy (non-hydrogen) atoms. The van der Waals surface area contributed by atoms with Crippen molar-refractivity contribution in [1.29, 1.82) is 0 Å². The molecule has 0 radical (unpaired) electrons. The quantitative estimate of drug-likeness (QED) is 0.850.